The summed E-state index contributed by atoms with van der Waals surface area (Å²) in [6, 6.07) is 9.12. The fourth-order valence-corrected chi connectivity index (χ4v) is 4.02. The van der Waals surface area contributed by atoms with E-state index >= 15 is 0 Å². The number of para-hydroxylation sites is 1. The second-order valence-electron chi connectivity index (χ2n) is 4.91. The van der Waals surface area contributed by atoms with E-state index in [-0.39, 0.29) is 5.82 Å². The van der Waals surface area contributed by atoms with Gasteiger partial charge in [-0.25, -0.2) is 4.39 Å². The van der Waals surface area contributed by atoms with Crippen molar-refractivity contribution < 1.29 is 4.39 Å². The van der Waals surface area contributed by atoms with Crippen LogP contribution in [0.3, 0.4) is 0 Å². The highest BCUT2D eigenvalue weighted by Crippen LogP contribution is 2.25. The van der Waals surface area contributed by atoms with Crippen molar-refractivity contribution >= 4 is 33.0 Å². The first-order valence-corrected chi connectivity index (χ1v) is 8.35. The third-order valence-electron chi connectivity index (χ3n) is 3.62. The number of piperazine rings is 1. The summed E-state index contributed by atoms with van der Waals surface area (Å²) in [5, 5.41) is 2.11. The Hall–Kier alpha value is -0.910. The van der Waals surface area contributed by atoms with Crippen LogP contribution in [0.15, 0.2) is 40.2 Å². The number of anilines is 1. The normalized spacial score (nSPS) is 16.6. The molecule has 1 fully saturated rings. The Kier molecular flexibility index (Phi) is 4.38. The maximum atomic E-state index is 13.8. The van der Waals surface area contributed by atoms with Crippen LogP contribution in [0, 0.1) is 5.82 Å². The van der Waals surface area contributed by atoms with Gasteiger partial charge in [-0.1, -0.05) is 12.1 Å². The molecule has 2 nitrogen and oxygen atoms in total. The van der Waals surface area contributed by atoms with Crippen LogP contribution in [0.1, 0.15) is 4.88 Å². The Morgan fingerprint density at radius 3 is 2.50 bits per heavy atom. The molecule has 1 aliphatic heterocycles. The second kappa shape index (κ2) is 6.24. The minimum Gasteiger partial charge on any atom is -0.367 e. The first-order chi connectivity index (χ1) is 9.74. The lowest BCUT2D eigenvalue weighted by Crippen LogP contribution is -2.46. The van der Waals surface area contributed by atoms with Crippen LogP contribution in [-0.2, 0) is 6.54 Å². The largest absolute Gasteiger partial charge is 0.367 e. The average Bonchev–Trinajstić information content (AvgIpc) is 2.86. The smallest absolute Gasteiger partial charge is 0.146 e. The van der Waals surface area contributed by atoms with Gasteiger partial charge >= 0.3 is 0 Å². The monoisotopic (exact) mass is 354 g/mol. The van der Waals surface area contributed by atoms with E-state index in [0.29, 0.717) is 0 Å². The van der Waals surface area contributed by atoms with Gasteiger partial charge in [0.05, 0.1) is 5.69 Å². The number of hydrogen-bond acceptors (Lipinski definition) is 3. The van der Waals surface area contributed by atoms with Crippen molar-refractivity contribution in [2.75, 3.05) is 31.1 Å². The molecule has 0 saturated carbocycles. The summed E-state index contributed by atoms with van der Waals surface area (Å²) in [4.78, 5) is 5.92. The molecule has 0 radical (unpaired) electrons. The predicted octanol–water partition coefficient (Wildman–Crippen LogP) is 3.97. The third-order valence-corrected chi connectivity index (χ3v) is 5.53. The molecule has 5 heteroatoms. The van der Waals surface area contributed by atoms with Gasteiger partial charge in [0.2, 0.25) is 0 Å². The summed E-state index contributed by atoms with van der Waals surface area (Å²) < 4.78 is 15.0. The van der Waals surface area contributed by atoms with Gasteiger partial charge in [0, 0.05) is 42.1 Å². The van der Waals surface area contributed by atoms with Gasteiger partial charge in [-0.05, 0) is 39.5 Å². The molecule has 0 atom stereocenters. The Morgan fingerprint density at radius 1 is 1.10 bits per heavy atom. The number of benzene rings is 1. The standard InChI is InChI=1S/C15H16BrFN2S/c16-12-5-10-20-15(12)11-18-6-8-19(9-7-18)14-4-2-1-3-13(14)17/h1-5,10H,6-9,11H2. The molecule has 0 N–H and O–H groups in total. The Balaban J connectivity index is 1.60. The van der Waals surface area contributed by atoms with E-state index in [0.717, 1.165) is 38.4 Å². The van der Waals surface area contributed by atoms with Crippen LogP contribution >= 0.6 is 27.3 Å². The highest BCUT2D eigenvalue weighted by Gasteiger charge is 2.20. The lowest BCUT2D eigenvalue weighted by atomic mass is 10.2. The molecule has 2 aromatic rings. The van der Waals surface area contributed by atoms with E-state index in [9.17, 15) is 4.39 Å². The average molecular weight is 355 g/mol. The number of thiophene rings is 1. The van der Waals surface area contributed by atoms with E-state index < -0.39 is 0 Å². The summed E-state index contributed by atoms with van der Waals surface area (Å²) in [7, 11) is 0. The number of halogens is 2. The van der Waals surface area contributed by atoms with Crippen molar-refractivity contribution in [1.82, 2.24) is 4.90 Å². The number of hydrogen-bond donors (Lipinski definition) is 0. The van der Waals surface area contributed by atoms with Crippen molar-refractivity contribution in [2.24, 2.45) is 0 Å². The maximum absolute atomic E-state index is 13.8. The second-order valence-corrected chi connectivity index (χ2v) is 6.76. The highest BCUT2D eigenvalue weighted by molar-refractivity contribution is 9.10. The van der Waals surface area contributed by atoms with E-state index in [1.807, 2.05) is 12.1 Å². The minimum absolute atomic E-state index is 0.123. The van der Waals surface area contributed by atoms with Gasteiger partial charge in [0.1, 0.15) is 5.82 Å². The van der Waals surface area contributed by atoms with Crippen molar-refractivity contribution in [2.45, 2.75) is 6.54 Å². The SMILES string of the molecule is Fc1ccccc1N1CCN(Cc2sccc2Br)CC1. The summed E-state index contributed by atoms with van der Waals surface area (Å²) in [6.07, 6.45) is 0. The van der Waals surface area contributed by atoms with Crippen LogP contribution in [0.2, 0.25) is 0 Å². The summed E-state index contributed by atoms with van der Waals surface area (Å²) >= 11 is 5.36. The van der Waals surface area contributed by atoms with Crippen molar-refractivity contribution in [3.63, 3.8) is 0 Å². The fraction of sp³-hybridized carbons (Fsp3) is 0.333. The van der Waals surface area contributed by atoms with Crippen molar-refractivity contribution in [3.05, 3.63) is 50.9 Å². The Bertz CT molecular complexity index is 579. The molecule has 0 bridgehead atoms. The molecule has 3 rings (SSSR count). The molecule has 0 aliphatic carbocycles. The molecule has 1 aromatic heterocycles. The topological polar surface area (TPSA) is 6.48 Å². The Morgan fingerprint density at radius 2 is 1.85 bits per heavy atom. The zero-order valence-corrected chi connectivity index (χ0v) is 13.5. The van der Waals surface area contributed by atoms with E-state index in [4.69, 9.17) is 0 Å². The van der Waals surface area contributed by atoms with E-state index in [1.54, 1.807) is 17.4 Å². The van der Waals surface area contributed by atoms with Gasteiger partial charge in [-0.15, -0.1) is 11.3 Å². The fourth-order valence-electron chi connectivity index (χ4n) is 2.50. The number of rotatable bonds is 3. The summed E-state index contributed by atoms with van der Waals surface area (Å²) in [5.74, 6) is -0.123. The zero-order valence-electron chi connectivity index (χ0n) is 11.1. The quantitative estimate of drug-likeness (QED) is 0.822. The van der Waals surface area contributed by atoms with Gasteiger partial charge in [-0.2, -0.15) is 0 Å². The van der Waals surface area contributed by atoms with Gasteiger partial charge in [0.25, 0.3) is 0 Å². The molecule has 0 unspecified atom stereocenters. The molecule has 1 aliphatic rings. The maximum Gasteiger partial charge on any atom is 0.146 e. The predicted molar refractivity (Wildman–Crippen MR) is 85.9 cm³/mol. The van der Waals surface area contributed by atoms with Gasteiger partial charge in [0.15, 0.2) is 0 Å². The van der Waals surface area contributed by atoms with E-state index in [1.165, 1.54) is 15.4 Å². The van der Waals surface area contributed by atoms with Crippen molar-refractivity contribution in [1.29, 1.82) is 0 Å². The summed E-state index contributed by atoms with van der Waals surface area (Å²) in [6.45, 7) is 4.68. The molecule has 1 aromatic carbocycles. The molecular formula is C15H16BrFN2S. The lowest BCUT2D eigenvalue weighted by Gasteiger charge is -2.36. The molecule has 0 spiro atoms. The van der Waals surface area contributed by atoms with Gasteiger partial charge in [-0.3, -0.25) is 4.90 Å². The zero-order chi connectivity index (χ0) is 13.9. The Labute approximate surface area is 131 Å². The van der Waals surface area contributed by atoms with Gasteiger partial charge < -0.3 is 4.90 Å². The molecular weight excluding hydrogens is 339 g/mol. The third kappa shape index (κ3) is 3.05. The molecule has 2 heterocycles. The molecule has 0 amide bonds. The molecule has 106 valence electrons. The van der Waals surface area contributed by atoms with Crippen LogP contribution in [-0.4, -0.2) is 31.1 Å². The minimum atomic E-state index is -0.123. The van der Waals surface area contributed by atoms with Crippen LogP contribution in [0.25, 0.3) is 0 Å². The van der Waals surface area contributed by atoms with Crippen molar-refractivity contribution in [3.8, 4) is 0 Å². The first-order valence-electron chi connectivity index (χ1n) is 6.68. The van der Waals surface area contributed by atoms with Crippen LogP contribution in [0.4, 0.5) is 10.1 Å². The van der Waals surface area contributed by atoms with Crippen LogP contribution < -0.4 is 4.90 Å². The van der Waals surface area contributed by atoms with E-state index in [2.05, 4.69) is 37.2 Å². The first kappa shape index (κ1) is 14.0. The highest BCUT2D eigenvalue weighted by atomic mass is 79.9. The summed E-state index contributed by atoms with van der Waals surface area (Å²) in [5.41, 5.74) is 0.726. The molecule has 20 heavy (non-hydrogen) atoms. The lowest BCUT2D eigenvalue weighted by molar-refractivity contribution is 0.251. The van der Waals surface area contributed by atoms with Crippen LogP contribution in [0.5, 0.6) is 0 Å². The number of nitrogens with zero attached hydrogens (tertiary/aromatic N) is 2. The molecule has 1 saturated heterocycles.